The quantitative estimate of drug-likeness (QED) is 0.942. The molecule has 0 spiro atoms. The summed E-state index contributed by atoms with van der Waals surface area (Å²) in [6.45, 7) is 4.51. The van der Waals surface area contributed by atoms with Crippen molar-refractivity contribution in [3.8, 4) is 0 Å². The number of likely N-dealkylation sites (tertiary alicyclic amines) is 1. The molecule has 0 aromatic carbocycles. The molecule has 116 valence electrons. The molecule has 2 aromatic rings. The van der Waals surface area contributed by atoms with Gasteiger partial charge in [0.1, 0.15) is 11.6 Å². The fourth-order valence-electron chi connectivity index (χ4n) is 2.61. The van der Waals surface area contributed by atoms with E-state index in [0.29, 0.717) is 12.1 Å². The summed E-state index contributed by atoms with van der Waals surface area (Å²) in [5.74, 6) is 2.39. The Morgan fingerprint density at radius 3 is 2.82 bits per heavy atom. The van der Waals surface area contributed by atoms with Crippen molar-refractivity contribution < 1.29 is 9.21 Å². The van der Waals surface area contributed by atoms with E-state index in [0.717, 1.165) is 43.4 Å². The van der Waals surface area contributed by atoms with E-state index in [-0.39, 0.29) is 5.91 Å². The topological polar surface area (TPSA) is 58.4 Å². The van der Waals surface area contributed by atoms with Crippen LogP contribution in [0, 0.1) is 5.92 Å². The molecule has 3 rings (SSSR count). The predicted molar refractivity (Wildman–Crippen MR) is 84.6 cm³/mol. The predicted octanol–water partition coefficient (Wildman–Crippen LogP) is 3.16. The van der Waals surface area contributed by atoms with Gasteiger partial charge in [-0.1, -0.05) is 6.92 Å². The first kappa shape index (κ1) is 14.6. The molecule has 0 atom stereocenters. The van der Waals surface area contributed by atoms with Crippen molar-refractivity contribution in [1.82, 2.24) is 9.88 Å². The number of pyridine rings is 1. The zero-order valence-electron chi connectivity index (χ0n) is 12.8. The number of hydrogen-bond acceptors (Lipinski definition) is 4. The second-order valence-corrected chi connectivity index (χ2v) is 5.84. The van der Waals surface area contributed by atoms with Gasteiger partial charge in [0, 0.05) is 19.3 Å². The monoisotopic (exact) mass is 299 g/mol. The lowest BCUT2D eigenvalue weighted by Crippen LogP contribution is -2.37. The molecule has 1 aliphatic rings. The third-order valence-corrected chi connectivity index (χ3v) is 4.11. The lowest BCUT2D eigenvalue weighted by molar-refractivity contribution is 0.0697. The summed E-state index contributed by atoms with van der Waals surface area (Å²) in [5.41, 5.74) is 0.651. The number of nitrogens with one attached hydrogen (secondary N) is 1. The van der Waals surface area contributed by atoms with Gasteiger partial charge in [0.25, 0.3) is 5.91 Å². The Kier molecular flexibility index (Phi) is 4.42. The van der Waals surface area contributed by atoms with Gasteiger partial charge in [0.2, 0.25) is 0 Å². The Morgan fingerprint density at radius 1 is 1.36 bits per heavy atom. The molecule has 1 fully saturated rings. The van der Waals surface area contributed by atoms with Crippen molar-refractivity contribution in [1.29, 1.82) is 0 Å². The van der Waals surface area contributed by atoms with Crippen LogP contribution in [-0.2, 0) is 6.54 Å². The van der Waals surface area contributed by atoms with Crippen LogP contribution in [0.2, 0.25) is 0 Å². The number of carbonyl (C=O) groups excluding carboxylic acids is 1. The van der Waals surface area contributed by atoms with E-state index in [1.165, 1.54) is 0 Å². The van der Waals surface area contributed by atoms with Crippen LogP contribution in [0.5, 0.6) is 0 Å². The highest BCUT2D eigenvalue weighted by Gasteiger charge is 2.21. The third-order valence-electron chi connectivity index (χ3n) is 4.11. The Labute approximate surface area is 130 Å². The maximum Gasteiger partial charge on any atom is 0.255 e. The van der Waals surface area contributed by atoms with E-state index < -0.39 is 0 Å². The van der Waals surface area contributed by atoms with E-state index in [1.54, 1.807) is 12.5 Å². The third kappa shape index (κ3) is 3.47. The van der Waals surface area contributed by atoms with Crippen LogP contribution < -0.4 is 5.32 Å². The highest BCUT2D eigenvalue weighted by molar-refractivity contribution is 5.94. The summed E-state index contributed by atoms with van der Waals surface area (Å²) in [7, 11) is 0. The van der Waals surface area contributed by atoms with Crippen LogP contribution in [0.3, 0.4) is 0 Å². The van der Waals surface area contributed by atoms with Crippen molar-refractivity contribution >= 4 is 11.7 Å². The molecule has 0 saturated carbocycles. The van der Waals surface area contributed by atoms with Gasteiger partial charge in [-0.3, -0.25) is 4.79 Å². The lowest BCUT2D eigenvalue weighted by atomic mass is 9.99. The molecule has 0 aliphatic carbocycles. The Balaban J connectivity index is 1.57. The maximum absolute atomic E-state index is 12.4. The second kappa shape index (κ2) is 6.64. The van der Waals surface area contributed by atoms with Crippen LogP contribution in [0.1, 0.15) is 35.9 Å². The molecule has 1 aliphatic heterocycles. The van der Waals surface area contributed by atoms with Crippen LogP contribution >= 0.6 is 0 Å². The van der Waals surface area contributed by atoms with E-state index in [1.807, 2.05) is 29.2 Å². The molecule has 0 bridgehead atoms. The highest BCUT2D eigenvalue weighted by atomic mass is 16.3. The van der Waals surface area contributed by atoms with Crippen molar-refractivity contribution in [2.45, 2.75) is 26.3 Å². The summed E-state index contributed by atoms with van der Waals surface area (Å²) in [6.07, 6.45) is 5.46. The SMILES string of the molecule is CC1CCN(C(=O)c2ccc(NCc3ccco3)nc2)CC1. The molecule has 1 N–H and O–H groups in total. The van der Waals surface area contributed by atoms with E-state index in [9.17, 15) is 4.79 Å². The van der Waals surface area contributed by atoms with Crippen LogP contribution in [0.25, 0.3) is 0 Å². The number of furan rings is 1. The average Bonchev–Trinajstić information content (AvgIpc) is 3.07. The number of hydrogen-bond donors (Lipinski definition) is 1. The number of rotatable bonds is 4. The fourth-order valence-corrected chi connectivity index (χ4v) is 2.61. The zero-order chi connectivity index (χ0) is 15.4. The number of carbonyl (C=O) groups is 1. The number of anilines is 1. The van der Waals surface area contributed by atoms with Crippen LogP contribution in [0.4, 0.5) is 5.82 Å². The van der Waals surface area contributed by atoms with Crippen molar-refractivity contribution in [2.24, 2.45) is 5.92 Å². The van der Waals surface area contributed by atoms with E-state index >= 15 is 0 Å². The molecular formula is C17H21N3O2. The molecule has 0 radical (unpaired) electrons. The van der Waals surface area contributed by atoms with Crippen molar-refractivity contribution in [3.63, 3.8) is 0 Å². The number of piperidine rings is 1. The maximum atomic E-state index is 12.4. The Morgan fingerprint density at radius 2 is 2.18 bits per heavy atom. The van der Waals surface area contributed by atoms with Crippen LogP contribution in [0.15, 0.2) is 41.1 Å². The minimum Gasteiger partial charge on any atom is -0.467 e. The highest BCUT2D eigenvalue weighted by Crippen LogP contribution is 2.18. The van der Waals surface area contributed by atoms with Gasteiger partial charge >= 0.3 is 0 Å². The Hall–Kier alpha value is -2.30. The van der Waals surface area contributed by atoms with Crippen LogP contribution in [-0.4, -0.2) is 28.9 Å². The molecule has 2 aromatic heterocycles. The molecular weight excluding hydrogens is 278 g/mol. The van der Waals surface area contributed by atoms with Crippen molar-refractivity contribution in [3.05, 3.63) is 48.0 Å². The van der Waals surface area contributed by atoms with Gasteiger partial charge in [-0.2, -0.15) is 0 Å². The van der Waals surface area contributed by atoms with Gasteiger partial charge in [-0.15, -0.1) is 0 Å². The normalized spacial score (nSPS) is 15.8. The standard InChI is InChI=1S/C17H21N3O2/c1-13-6-8-20(9-7-13)17(21)14-4-5-16(18-11-14)19-12-15-3-2-10-22-15/h2-5,10-11,13H,6-9,12H2,1H3,(H,18,19). The van der Waals surface area contributed by atoms with E-state index in [4.69, 9.17) is 4.42 Å². The zero-order valence-corrected chi connectivity index (χ0v) is 12.8. The molecule has 1 amide bonds. The van der Waals surface area contributed by atoms with Gasteiger partial charge in [-0.05, 0) is 43.0 Å². The number of aromatic nitrogens is 1. The summed E-state index contributed by atoms with van der Waals surface area (Å²) in [4.78, 5) is 18.6. The summed E-state index contributed by atoms with van der Waals surface area (Å²) >= 11 is 0. The lowest BCUT2D eigenvalue weighted by Gasteiger charge is -2.30. The minimum absolute atomic E-state index is 0.0805. The molecule has 5 heteroatoms. The molecule has 0 unspecified atom stereocenters. The molecule has 3 heterocycles. The minimum atomic E-state index is 0.0805. The first-order chi connectivity index (χ1) is 10.7. The smallest absolute Gasteiger partial charge is 0.255 e. The molecule has 1 saturated heterocycles. The second-order valence-electron chi connectivity index (χ2n) is 5.84. The molecule has 22 heavy (non-hydrogen) atoms. The summed E-state index contributed by atoms with van der Waals surface area (Å²) in [5, 5.41) is 3.17. The van der Waals surface area contributed by atoms with Gasteiger partial charge < -0.3 is 14.6 Å². The first-order valence-electron chi connectivity index (χ1n) is 7.74. The summed E-state index contributed by atoms with van der Waals surface area (Å²) < 4.78 is 5.25. The van der Waals surface area contributed by atoms with Crippen molar-refractivity contribution in [2.75, 3.05) is 18.4 Å². The number of amides is 1. The van der Waals surface area contributed by atoms with Gasteiger partial charge in [-0.25, -0.2) is 4.98 Å². The van der Waals surface area contributed by atoms with Gasteiger partial charge in [0.15, 0.2) is 0 Å². The largest absolute Gasteiger partial charge is 0.467 e. The first-order valence-corrected chi connectivity index (χ1v) is 7.74. The van der Waals surface area contributed by atoms with E-state index in [2.05, 4.69) is 17.2 Å². The Bertz CT molecular complexity index is 599. The number of nitrogens with zero attached hydrogens (tertiary/aromatic N) is 2. The molecule has 5 nitrogen and oxygen atoms in total. The average molecular weight is 299 g/mol. The summed E-state index contributed by atoms with van der Waals surface area (Å²) in [6, 6.07) is 7.43. The van der Waals surface area contributed by atoms with Gasteiger partial charge in [0.05, 0.1) is 18.4 Å². The fraction of sp³-hybridized carbons (Fsp3) is 0.412.